The average Bonchev–Trinajstić information content (AvgIpc) is 2.44. The van der Waals surface area contributed by atoms with Gasteiger partial charge in [0.1, 0.15) is 5.82 Å². The summed E-state index contributed by atoms with van der Waals surface area (Å²) in [6, 6.07) is 0.479. The van der Waals surface area contributed by atoms with E-state index in [9.17, 15) is 18.0 Å². The predicted molar refractivity (Wildman–Crippen MR) is 39.0 cm³/mol. The molecule has 0 aliphatic heterocycles. The topological polar surface area (TPSA) is 17.1 Å². The van der Waals surface area contributed by atoms with Gasteiger partial charge in [-0.15, -0.1) is 0 Å². The van der Waals surface area contributed by atoms with Gasteiger partial charge < -0.3 is 0 Å². The molecule has 68 valence electrons. The van der Waals surface area contributed by atoms with E-state index in [-0.39, 0.29) is 18.4 Å². The van der Waals surface area contributed by atoms with E-state index in [1.807, 2.05) is 0 Å². The summed E-state index contributed by atoms with van der Waals surface area (Å²) >= 11 is 0. The van der Waals surface area contributed by atoms with Crippen LogP contribution in [-0.2, 0) is 6.42 Å². The van der Waals surface area contributed by atoms with Gasteiger partial charge in [-0.2, -0.15) is 0 Å². The fraction of sp³-hybridized carbons (Fsp3) is 0.222. The van der Waals surface area contributed by atoms with Crippen molar-refractivity contribution in [3.8, 4) is 0 Å². The summed E-state index contributed by atoms with van der Waals surface area (Å²) in [4.78, 5) is 11.0. The van der Waals surface area contributed by atoms with E-state index in [1.165, 1.54) is 0 Å². The van der Waals surface area contributed by atoms with Gasteiger partial charge in [-0.25, -0.2) is 13.2 Å². The second-order valence-corrected chi connectivity index (χ2v) is 2.93. The molecule has 0 aromatic heterocycles. The summed E-state index contributed by atoms with van der Waals surface area (Å²) in [7, 11) is 0. The first-order valence-electron chi connectivity index (χ1n) is 3.81. The fourth-order valence-corrected chi connectivity index (χ4v) is 1.53. The van der Waals surface area contributed by atoms with E-state index in [2.05, 4.69) is 0 Å². The standard InChI is InChI=1S/C9H5F3O/c10-5-3-6(11)9(12)8-4(5)1-2-7(8)13/h3H,1-2H2. The van der Waals surface area contributed by atoms with E-state index >= 15 is 0 Å². The first-order valence-corrected chi connectivity index (χ1v) is 3.81. The summed E-state index contributed by atoms with van der Waals surface area (Å²) in [5, 5.41) is 0. The van der Waals surface area contributed by atoms with Crippen LogP contribution in [0.2, 0.25) is 0 Å². The molecule has 0 bridgehead atoms. The number of halogens is 3. The number of benzene rings is 1. The van der Waals surface area contributed by atoms with Gasteiger partial charge in [-0.1, -0.05) is 0 Å². The van der Waals surface area contributed by atoms with Gasteiger partial charge in [0, 0.05) is 18.1 Å². The Morgan fingerprint density at radius 1 is 1.08 bits per heavy atom. The van der Waals surface area contributed by atoms with E-state index < -0.39 is 28.8 Å². The maximum atomic E-state index is 13.0. The van der Waals surface area contributed by atoms with E-state index in [1.54, 1.807) is 0 Å². The van der Waals surface area contributed by atoms with Gasteiger partial charge in [0.2, 0.25) is 0 Å². The second-order valence-electron chi connectivity index (χ2n) is 2.93. The maximum Gasteiger partial charge on any atom is 0.170 e. The Kier molecular flexibility index (Phi) is 1.65. The van der Waals surface area contributed by atoms with Gasteiger partial charge in [-0.3, -0.25) is 4.79 Å². The number of carbonyl (C=O) groups is 1. The molecule has 0 saturated carbocycles. The Bertz CT molecular complexity index is 398. The molecule has 1 aliphatic rings. The Hall–Kier alpha value is -1.32. The highest BCUT2D eigenvalue weighted by atomic mass is 19.2. The smallest absolute Gasteiger partial charge is 0.170 e. The molecular formula is C9H5F3O. The minimum atomic E-state index is -1.30. The molecule has 0 fully saturated rings. The maximum absolute atomic E-state index is 13.0. The quantitative estimate of drug-likeness (QED) is 0.568. The molecule has 0 spiro atoms. The van der Waals surface area contributed by atoms with Crippen LogP contribution in [0.15, 0.2) is 6.07 Å². The van der Waals surface area contributed by atoms with Crippen LogP contribution in [0, 0.1) is 17.5 Å². The molecule has 0 heterocycles. The van der Waals surface area contributed by atoms with Crippen molar-refractivity contribution >= 4 is 5.78 Å². The van der Waals surface area contributed by atoms with Crippen LogP contribution in [0.25, 0.3) is 0 Å². The number of Topliss-reactive ketones (excluding diaryl/α,β-unsaturated/α-hetero) is 1. The normalized spacial score (nSPS) is 14.8. The van der Waals surface area contributed by atoms with Crippen molar-refractivity contribution in [1.82, 2.24) is 0 Å². The van der Waals surface area contributed by atoms with Crippen LogP contribution < -0.4 is 0 Å². The van der Waals surface area contributed by atoms with Gasteiger partial charge in [0.25, 0.3) is 0 Å². The minimum Gasteiger partial charge on any atom is -0.294 e. The zero-order valence-electron chi connectivity index (χ0n) is 6.53. The van der Waals surface area contributed by atoms with Crippen LogP contribution in [0.5, 0.6) is 0 Å². The van der Waals surface area contributed by atoms with Crippen LogP contribution in [-0.4, -0.2) is 5.78 Å². The molecule has 4 heteroatoms. The lowest BCUT2D eigenvalue weighted by atomic mass is 10.1. The third kappa shape index (κ3) is 1.05. The SMILES string of the molecule is O=C1CCc2c(F)cc(F)c(F)c21. The molecule has 1 aromatic carbocycles. The van der Waals surface area contributed by atoms with Gasteiger partial charge in [-0.05, 0) is 6.42 Å². The van der Waals surface area contributed by atoms with Gasteiger partial charge in [0.15, 0.2) is 17.4 Å². The summed E-state index contributed by atoms with van der Waals surface area (Å²) in [6.45, 7) is 0. The third-order valence-corrected chi connectivity index (χ3v) is 2.15. The molecule has 0 N–H and O–H groups in total. The molecule has 1 aromatic rings. The number of ketones is 1. The highest BCUT2D eigenvalue weighted by Crippen LogP contribution is 2.28. The predicted octanol–water partition coefficient (Wildman–Crippen LogP) is 2.23. The summed E-state index contributed by atoms with van der Waals surface area (Å²) < 4.78 is 38.6. The van der Waals surface area contributed by atoms with Gasteiger partial charge >= 0.3 is 0 Å². The van der Waals surface area contributed by atoms with Crippen LogP contribution >= 0.6 is 0 Å². The van der Waals surface area contributed by atoms with Crippen molar-refractivity contribution < 1.29 is 18.0 Å². The largest absolute Gasteiger partial charge is 0.294 e. The van der Waals surface area contributed by atoms with Crippen molar-refractivity contribution in [2.24, 2.45) is 0 Å². The van der Waals surface area contributed by atoms with Crippen molar-refractivity contribution in [1.29, 1.82) is 0 Å². The minimum absolute atomic E-state index is 0.00361. The number of carbonyl (C=O) groups excluding carboxylic acids is 1. The molecule has 0 amide bonds. The zero-order valence-corrected chi connectivity index (χ0v) is 6.53. The molecular weight excluding hydrogens is 181 g/mol. The highest BCUT2D eigenvalue weighted by molar-refractivity contribution is 6.00. The molecule has 0 saturated heterocycles. The zero-order chi connectivity index (χ0) is 9.59. The monoisotopic (exact) mass is 186 g/mol. The van der Waals surface area contributed by atoms with Crippen LogP contribution in [0.3, 0.4) is 0 Å². The Morgan fingerprint density at radius 3 is 2.46 bits per heavy atom. The van der Waals surface area contributed by atoms with Crippen molar-refractivity contribution in [2.45, 2.75) is 12.8 Å². The van der Waals surface area contributed by atoms with E-state index in [0.29, 0.717) is 6.07 Å². The van der Waals surface area contributed by atoms with Gasteiger partial charge in [0.05, 0.1) is 5.56 Å². The lowest BCUT2D eigenvalue weighted by molar-refractivity contribution is 0.0990. The number of rotatable bonds is 0. The Balaban J connectivity index is 2.77. The molecule has 0 unspecified atom stereocenters. The van der Waals surface area contributed by atoms with E-state index in [0.717, 1.165) is 0 Å². The fourth-order valence-electron chi connectivity index (χ4n) is 1.53. The number of fused-ring (bicyclic) bond motifs is 1. The van der Waals surface area contributed by atoms with E-state index in [4.69, 9.17) is 0 Å². The van der Waals surface area contributed by atoms with Crippen LogP contribution in [0.4, 0.5) is 13.2 Å². The summed E-state index contributed by atoms with van der Waals surface area (Å²) in [5.41, 5.74) is -0.401. The molecule has 0 atom stereocenters. The molecule has 2 rings (SSSR count). The second kappa shape index (κ2) is 2.58. The number of hydrogen-bond donors (Lipinski definition) is 0. The van der Waals surface area contributed by atoms with Crippen molar-refractivity contribution in [2.75, 3.05) is 0 Å². The van der Waals surface area contributed by atoms with Crippen molar-refractivity contribution in [3.05, 3.63) is 34.6 Å². The number of hydrogen-bond acceptors (Lipinski definition) is 1. The highest BCUT2D eigenvalue weighted by Gasteiger charge is 2.28. The summed E-state index contributed by atoms with van der Waals surface area (Å²) in [6.07, 6.45) is 0.226. The average molecular weight is 186 g/mol. The first-order chi connectivity index (χ1) is 6.11. The molecule has 1 nitrogen and oxygen atoms in total. The Morgan fingerprint density at radius 2 is 1.77 bits per heavy atom. The first kappa shape index (κ1) is 8.29. The molecule has 0 radical (unpaired) electrons. The molecule has 1 aliphatic carbocycles. The summed E-state index contributed by atoms with van der Waals surface area (Å²) in [5.74, 6) is -3.88. The lowest BCUT2D eigenvalue weighted by Crippen LogP contribution is -2.01. The molecule has 13 heavy (non-hydrogen) atoms. The van der Waals surface area contributed by atoms with Crippen molar-refractivity contribution in [3.63, 3.8) is 0 Å². The third-order valence-electron chi connectivity index (χ3n) is 2.15. The van der Waals surface area contributed by atoms with Crippen LogP contribution in [0.1, 0.15) is 22.3 Å². The Labute approximate surface area is 72.2 Å². The lowest BCUT2D eigenvalue weighted by Gasteiger charge is -2.01.